The van der Waals surface area contributed by atoms with Crippen LogP contribution in [0.2, 0.25) is 0 Å². The van der Waals surface area contributed by atoms with Gasteiger partial charge in [-0.2, -0.15) is 15.0 Å². The molecule has 1 saturated carbocycles. The molecule has 0 aromatic carbocycles. The summed E-state index contributed by atoms with van der Waals surface area (Å²) in [5, 5.41) is 0. The number of hydrogen-bond donors (Lipinski definition) is 2. The van der Waals surface area contributed by atoms with Crippen molar-refractivity contribution < 1.29 is 4.74 Å². The second-order valence-electron chi connectivity index (χ2n) is 5.10. The van der Waals surface area contributed by atoms with Crippen LogP contribution in [0.1, 0.15) is 33.6 Å². The first-order chi connectivity index (χ1) is 9.13. The van der Waals surface area contributed by atoms with E-state index in [1.54, 1.807) is 0 Å². The van der Waals surface area contributed by atoms with Crippen molar-refractivity contribution in [3.8, 4) is 6.01 Å². The van der Waals surface area contributed by atoms with Gasteiger partial charge in [0.15, 0.2) is 0 Å². The summed E-state index contributed by atoms with van der Waals surface area (Å²) in [6, 6.07) is 0.847. The van der Waals surface area contributed by atoms with Crippen LogP contribution in [0.15, 0.2) is 0 Å². The fourth-order valence-electron chi connectivity index (χ4n) is 1.91. The molecule has 0 radical (unpaired) electrons. The Bertz CT molecular complexity index is 421. The summed E-state index contributed by atoms with van der Waals surface area (Å²) < 4.78 is 5.36. The minimum Gasteiger partial charge on any atom is -0.464 e. The topological polar surface area (TPSA) is 89.2 Å². The Morgan fingerprint density at radius 1 is 1.37 bits per heavy atom. The van der Waals surface area contributed by atoms with Crippen molar-refractivity contribution in [1.29, 1.82) is 0 Å². The maximum Gasteiger partial charge on any atom is 0.323 e. The molecule has 3 N–H and O–H groups in total. The molecule has 1 aliphatic rings. The number of ether oxygens (including phenoxy) is 1. The molecule has 106 valence electrons. The Balaban J connectivity index is 2.26. The predicted octanol–water partition coefficient (Wildman–Crippen LogP) is 1.18. The van der Waals surface area contributed by atoms with Crippen molar-refractivity contribution in [3.05, 3.63) is 0 Å². The van der Waals surface area contributed by atoms with Gasteiger partial charge in [0.05, 0.1) is 6.61 Å². The highest BCUT2D eigenvalue weighted by molar-refractivity contribution is 5.40. The van der Waals surface area contributed by atoms with Gasteiger partial charge in [-0.25, -0.2) is 5.84 Å². The van der Waals surface area contributed by atoms with Gasteiger partial charge in [-0.3, -0.25) is 5.43 Å². The molecule has 1 fully saturated rings. The number of nitrogens with zero attached hydrogens (tertiary/aromatic N) is 4. The fraction of sp³-hybridized carbons (Fsp3) is 0.750. The fourth-order valence-corrected chi connectivity index (χ4v) is 1.91. The number of nitrogens with two attached hydrogens (primary N) is 1. The molecule has 7 nitrogen and oxygen atoms in total. The third-order valence-electron chi connectivity index (χ3n) is 2.81. The Kier molecular flexibility index (Phi) is 4.36. The maximum atomic E-state index is 5.40. The number of hydrazine groups is 1. The van der Waals surface area contributed by atoms with Crippen molar-refractivity contribution >= 4 is 11.9 Å². The molecule has 0 aliphatic heterocycles. The molecule has 0 amide bonds. The van der Waals surface area contributed by atoms with E-state index in [1.807, 2.05) is 6.92 Å². The first kappa shape index (κ1) is 13.8. The molecule has 1 aliphatic carbocycles. The van der Waals surface area contributed by atoms with Crippen LogP contribution in [-0.2, 0) is 0 Å². The molecule has 0 bridgehead atoms. The van der Waals surface area contributed by atoms with Gasteiger partial charge in [-0.15, -0.1) is 0 Å². The minimum atomic E-state index is 0.315. The highest BCUT2D eigenvalue weighted by atomic mass is 16.5. The zero-order chi connectivity index (χ0) is 13.8. The van der Waals surface area contributed by atoms with E-state index in [9.17, 15) is 0 Å². The van der Waals surface area contributed by atoms with Gasteiger partial charge < -0.3 is 9.64 Å². The summed E-state index contributed by atoms with van der Waals surface area (Å²) in [5.41, 5.74) is 2.46. The third-order valence-corrected chi connectivity index (χ3v) is 2.81. The van der Waals surface area contributed by atoms with E-state index in [-0.39, 0.29) is 0 Å². The minimum absolute atomic E-state index is 0.315. The molecule has 7 heteroatoms. The van der Waals surface area contributed by atoms with Crippen LogP contribution >= 0.6 is 0 Å². The standard InChI is InChI=1S/C12H22N6O/c1-4-19-12-15-10(17-13)14-11(16-12)18(7-8(2)3)9-5-6-9/h8-9H,4-7,13H2,1-3H3,(H,14,15,16,17). The summed E-state index contributed by atoms with van der Waals surface area (Å²) in [6.45, 7) is 7.70. The van der Waals surface area contributed by atoms with E-state index in [1.165, 1.54) is 12.8 Å². The van der Waals surface area contributed by atoms with Gasteiger partial charge in [0.2, 0.25) is 11.9 Å². The van der Waals surface area contributed by atoms with E-state index >= 15 is 0 Å². The lowest BCUT2D eigenvalue weighted by atomic mass is 10.2. The lowest BCUT2D eigenvalue weighted by molar-refractivity contribution is 0.311. The van der Waals surface area contributed by atoms with Gasteiger partial charge in [-0.05, 0) is 25.7 Å². The van der Waals surface area contributed by atoms with Crippen molar-refractivity contribution in [2.45, 2.75) is 39.7 Å². The lowest BCUT2D eigenvalue weighted by Gasteiger charge is -2.24. The molecule has 1 heterocycles. The highest BCUT2D eigenvalue weighted by Gasteiger charge is 2.31. The third kappa shape index (κ3) is 3.66. The van der Waals surface area contributed by atoms with Crippen molar-refractivity contribution in [2.24, 2.45) is 11.8 Å². The average molecular weight is 266 g/mol. The Hall–Kier alpha value is -1.63. The number of aromatic nitrogens is 3. The monoisotopic (exact) mass is 266 g/mol. The molecule has 0 unspecified atom stereocenters. The summed E-state index contributed by atoms with van der Waals surface area (Å²) in [6.07, 6.45) is 2.38. The predicted molar refractivity (Wildman–Crippen MR) is 74.0 cm³/mol. The van der Waals surface area contributed by atoms with E-state index in [4.69, 9.17) is 10.6 Å². The van der Waals surface area contributed by atoms with Gasteiger partial charge >= 0.3 is 6.01 Å². The highest BCUT2D eigenvalue weighted by Crippen LogP contribution is 2.31. The van der Waals surface area contributed by atoms with E-state index in [0.717, 1.165) is 6.54 Å². The smallest absolute Gasteiger partial charge is 0.323 e. The Morgan fingerprint density at radius 2 is 2.11 bits per heavy atom. The molecule has 19 heavy (non-hydrogen) atoms. The molecule has 0 spiro atoms. The summed E-state index contributed by atoms with van der Waals surface area (Å²) >= 11 is 0. The number of hydrogen-bond acceptors (Lipinski definition) is 7. The molecular formula is C12H22N6O. The summed E-state index contributed by atoms with van der Waals surface area (Å²) in [5.74, 6) is 6.92. The van der Waals surface area contributed by atoms with Crippen LogP contribution in [0.25, 0.3) is 0 Å². The number of nitrogen functional groups attached to an aromatic ring is 1. The van der Waals surface area contributed by atoms with Gasteiger partial charge in [0.1, 0.15) is 0 Å². The van der Waals surface area contributed by atoms with Gasteiger partial charge in [-0.1, -0.05) is 13.8 Å². The molecule has 0 saturated heterocycles. The first-order valence-corrected chi connectivity index (χ1v) is 6.76. The van der Waals surface area contributed by atoms with Gasteiger partial charge in [0, 0.05) is 12.6 Å². The van der Waals surface area contributed by atoms with E-state index in [0.29, 0.717) is 36.5 Å². The van der Waals surface area contributed by atoms with Crippen LogP contribution in [-0.4, -0.2) is 34.1 Å². The van der Waals surface area contributed by atoms with Crippen LogP contribution in [0.3, 0.4) is 0 Å². The number of rotatable bonds is 7. The second-order valence-corrected chi connectivity index (χ2v) is 5.10. The van der Waals surface area contributed by atoms with E-state index in [2.05, 4.69) is 39.1 Å². The maximum absolute atomic E-state index is 5.40. The number of anilines is 2. The van der Waals surface area contributed by atoms with Gasteiger partial charge in [0.25, 0.3) is 0 Å². The average Bonchev–Trinajstić information content (AvgIpc) is 3.20. The molecule has 1 aromatic heterocycles. The van der Waals surface area contributed by atoms with Crippen LogP contribution in [0.5, 0.6) is 6.01 Å². The van der Waals surface area contributed by atoms with E-state index < -0.39 is 0 Å². The normalized spacial score (nSPS) is 14.6. The first-order valence-electron chi connectivity index (χ1n) is 6.76. The zero-order valence-electron chi connectivity index (χ0n) is 11.8. The quantitative estimate of drug-likeness (QED) is 0.565. The largest absolute Gasteiger partial charge is 0.464 e. The summed E-state index contributed by atoms with van der Waals surface area (Å²) in [4.78, 5) is 15.0. The zero-order valence-corrected chi connectivity index (χ0v) is 11.8. The van der Waals surface area contributed by atoms with Crippen molar-refractivity contribution in [3.63, 3.8) is 0 Å². The second kappa shape index (κ2) is 6.01. The molecular weight excluding hydrogens is 244 g/mol. The lowest BCUT2D eigenvalue weighted by Crippen LogP contribution is -2.32. The molecule has 1 aromatic rings. The molecule has 2 rings (SSSR count). The molecule has 0 atom stereocenters. The number of nitrogens with one attached hydrogen (secondary N) is 1. The van der Waals surface area contributed by atoms with Crippen molar-refractivity contribution in [2.75, 3.05) is 23.5 Å². The van der Waals surface area contributed by atoms with Crippen LogP contribution in [0, 0.1) is 5.92 Å². The van der Waals surface area contributed by atoms with Crippen LogP contribution in [0.4, 0.5) is 11.9 Å². The Labute approximate surface area is 113 Å². The Morgan fingerprint density at radius 3 is 2.63 bits per heavy atom. The van der Waals surface area contributed by atoms with Crippen molar-refractivity contribution in [1.82, 2.24) is 15.0 Å². The summed E-state index contributed by atoms with van der Waals surface area (Å²) in [7, 11) is 0. The SMILES string of the molecule is CCOc1nc(NN)nc(N(CC(C)C)C2CC2)n1. The van der Waals surface area contributed by atoms with Crippen LogP contribution < -0.4 is 20.9 Å².